The number of guanidine groups is 1. The number of anilines is 1. The number of hydrazine groups is 1. The number of aromatic nitrogens is 4. The van der Waals surface area contributed by atoms with Crippen molar-refractivity contribution in [3.8, 4) is 0 Å². The Morgan fingerprint density at radius 1 is 1.04 bits per heavy atom. The summed E-state index contributed by atoms with van der Waals surface area (Å²) in [6.07, 6.45) is 6.80. The van der Waals surface area contributed by atoms with E-state index in [1.807, 2.05) is 5.01 Å². The summed E-state index contributed by atoms with van der Waals surface area (Å²) in [6.45, 7) is 2.28. The van der Waals surface area contributed by atoms with Crippen LogP contribution in [0.25, 0.3) is 11.2 Å². The van der Waals surface area contributed by atoms with Gasteiger partial charge in [-0.05, 0) is 31.6 Å². The zero-order valence-corrected chi connectivity index (χ0v) is 29.2. The maximum atomic E-state index is 13.3. The van der Waals surface area contributed by atoms with Gasteiger partial charge < -0.3 is 34.2 Å². The van der Waals surface area contributed by atoms with E-state index < -0.39 is 44.5 Å². The van der Waals surface area contributed by atoms with E-state index in [0.717, 1.165) is 44.9 Å². The van der Waals surface area contributed by atoms with Crippen molar-refractivity contribution in [3.05, 3.63) is 16.7 Å². The van der Waals surface area contributed by atoms with Crippen LogP contribution in [-0.2, 0) is 23.3 Å². The molecule has 3 saturated heterocycles. The lowest BCUT2D eigenvalue weighted by Crippen LogP contribution is -2.60. The van der Waals surface area contributed by atoms with Crippen LogP contribution in [0.1, 0.15) is 70.4 Å². The number of H-pyrrole nitrogens is 1. The van der Waals surface area contributed by atoms with Gasteiger partial charge in [-0.25, -0.2) is 14.2 Å². The number of aliphatic hydroxyl groups excluding tert-OH is 2. The van der Waals surface area contributed by atoms with Crippen LogP contribution in [0.4, 0.5) is 5.95 Å². The molecule has 0 bridgehead atoms. The number of hydrogen-bond acceptors (Lipinski definition) is 12. The minimum atomic E-state index is -4.19. The van der Waals surface area contributed by atoms with E-state index in [4.69, 9.17) is 18.7 Å². The van der Waals surface area contributed by atoms with Crippen LogP contribution in [-0.4, -0.2) is 138 Å². The summed E-state index contributed by atoms with van der Waals surface area (Å²) in [7, 11) is -4.19. The highest BCUT2D eigenvalue weighted by atomic mass is 31.2. The number of rotatable bonds is 9. The van der Waals surface area contributed by atoms with Gasteiger partial charge >= 0.3 is 7.75 Å². The number of nitrogens with zero attached hydrogens (tertiary/aromatic N) is 6. The molecule has 5 fully saturated rings. The van der Waals surface area contributed by atoms with Gasteiger partial charge in [0.25, 0.3) is 5.56 Å². The Bertz CT molecular complexity index is 1580. The fraction of sp³-hybridized carbons (Fsp3) is 0.806. The normalized spacial score (nSPS) is 30.4. The van der Waals surface area contributed by atoms with Gasteiger partial charge in [0.05, 0.1) is 51.4 Å². The highest BCUT2D eigenvalue weighted by molar-refractivity contribution is 7.50. The molecule has 2 saturated carbocycles. The van der Waals surface area contributed by atoms with Crippen molar-refractivity contribution in [1.82, 2.24) is 34.1 Å². The number of morpholine rings is 2. The summed E-state index contributed by atoms with van der Waals surface area (Å²) in [5, 5.41) is 33.2. The van der Waals surface area contributed by atoms with Crippen molar-refractivity contribution < 1.29 is 38.4 Å². The molecule has 0 amide bonds. The fourth-order valence-corrected chi connectivity index (χ4v) is 9.20. The average molecular weight is 724 g/mol. The summed E-state index contributed by atoms with van der Waals surface area (Å²) in [6, 6.07) is 0.103. The van der Waals surface area contributed by atoms with Crippen molar-refractivity contribution in [1.29, 1.82) is 5.41 Å². The molecule has 3 aliphatic heterocycles. The van der Waals surface area contributed by atoms with Gasteiger partial charge in [-0.1, -0.05) is 38.5 Å². The minimum Gasteiger partial charge on any atom is -0.387 e. The van der Waals surface area contributed by atoms with Gasteiger partial charge in [-0.3, -0.25) is 34.7 Å². The summed E-state index contributed by atoms with van der Waals surface area (Å²) in [5.74, 6) is 0.875. The molecule has 0 aromatic carbocycles. The molecule has 6 atom stereocenters. The van der Waals surface area contributed by atoms with Crippen LogP contribution in [0.5, 0.6) is 0 Å². The molecule has 5 aliphatic rings. The number of imidazole rings is 1. The highest BCUT2D eigenvalue weighted by Crippen LogP contribution is 2.47. The van der Waals surface area contributed by atoms with Gasteiger partial charge in [-0.2, -0.15) is 4.98 Å². The molecular formula is C31H50N9O9P. The monoisotopic (exact) mass is 723 g/mol. The molecule has 278 valence electrons. The van der Waals surface area contributed by atoms with E-state index in [1.165, 1.54) is 34.8 Å². The molecule has 18 nitrogen and oxygen atoms in total. The van der Waals surface area contributed by atoms with Crippen LogP contribution < -0.4 is 11.0 Å². The summed E-state index contributed by atoms with van der Waals surface area (Å²) in [5.41, 5.74) is 2.84. The molecule has 7 rings (SSSR count). The lowest BCUT2D eigenvalue weighted by Gasteiger charge is -2.47. The Balaban J connectivity index is 1.11. The smallest absolute Gasteiger partial charge is 0.387 e. The first-order valence-electron chi connectivity index (χ1n) is 18.0. The molecule has 0 spiro atoms. The lowest BCUT2D eigenvalue weighted by atomic mass is 9.83. The number of ether oxygens (including phenoxy) is 3. The van der Waals surface area contributed by atoms with E-state index in [9.17, 15) is 29.9 Å². The summed E-state index contributed by atoms with van der Waals surface area (Å²) in [4.78, 5) is 37.6. The summed E-state index contributed by atoms with van der Waals surface area (Å²) < 4.78 is 37.9. The topological polar surface area (TPSA) is 224 Å². The van der Waals surface area contributed by atoms with Crippen LogP contribution in [0.15, 0.2) is 11.1 Å². The van der Waals surface area contributed by atoms with Crippen molar-refractivity contribution in [2.24, 2.45) is 5.92 Å². The molecule has 19 heteroatoms. The van der Waals surface area contributed by atoms with Crippen molar-refractivity contribution in [3.63, 3.8) is 0 Å². The molecule has 5 heterocycles. The molecule has 50 heavy (non-hydrogen) atoms. The quantitative estimate of drug-likeness (QED) is 0.0930. The molecule has 2 aliphatic carbocycles. The van der Waals surface area contributed by atoms with Crippen LogP contribution in [0.3, 0.4) is 0 Å². The highest BCUT2D eigenvalue weighted by Gasteiger charge is 2.46. The predicted octanol–water partition coefficient (Wildman–Crippen LogP) is 1.37. The summed E-state index contributed by atoms with van der Waals surface area (Å²) >= 11 is 0. The molecule has 0 radical (unpaired) electrons. The number of fused-ring (bicyclic) bond motifs is 1. The third-order valence-electron chi connectivity index (χ3n) is 10.8. The van der Waals surface area contributed by atoms with Crippen LogP contribution >= 0.6 is 7.75 Å². The molecule has 2 aromatic heterocycles. The standard InChI is InChI=1S/C31H50N9O9P/c32-30(38-13-16-47-17-22(38)20-7-3-1-4-8-20)40(21-9-5-2-6-10-21)36-31-34-27-24(28(43)35-31)33-19-39(27)29-26(42)25(41)23(49-29)18-48-50(44,45)37-11-14-46-15-12-37/h19-23,25-26,29,32,41-42H,1-18H2,(H,44,45)(H2,34,35,36,43)/t22?,23-,25-,26-,29-/m1/s1. The Kier molecular flexibility index (Phi) is 11.1. The zero-order valence-electron chi connectivity index (χ0n) is 28.3. The lowest BCUT2D eigenvalue weighted by molar-refractivity contribution is -0.0507. The van der Waals surface area contributed by atoms with Crippen molar-refractivity contribution in [2.45, 2.75) is 101 Å². The van der Waals surface area contributed by atoms with E-state index in [2.05, 4.69) is 25.3 Å². The Morgan fingerprint density at radius 2 is 1.74 bits per heavy atom. The number of aliphatic hydroxyl groups is 2. The maximum absolute atomic E-state index is 13.3. The molecule has 2 unspecified atom stereocenters. The third kappa shape index (κ3) is 7.45. The number of hydrogen-bond donors (Lipinski definition) is 6. The SMILES string of the molecule is N=C(N1CCOCC1C1CCCCC1)N(Nc1nc2c(ncn2[C@@H]2O[C@H](COP(=O)(O)N3CCOCC3)[C@@H](O)[C@H]2O)c(=O)[nH]1)C1CCCCC1. The maximum Gasteiger partial charge on any atom is 0.405 e. The van der Waals surface area contributed by atoms with Crippen LogP contribution in [0.2, 0.25) is 0 Å². The first-order valence-corrected chi connectivity index (χ1v) is 19.5. The second-order valence-corrected chi connectivity index (χ2v) is 15.8. The van der Waals surface area contributed by atoms with Gasteiger partial charge in [0.15, 0.2) is 17.4 Å². The van der Waals surface area contributed by atoms with E-state index >= 15 is 0 Å². The van der Waals surface area contributed by atoms with Gasteiger partial charge in [0.1, 0.15) is 18.3 Å². The number of nitrogens with one attached hydrogen (secondary N) is 3. The van der Waals surface area contributed by atoms with Crippen molar-refractivity contribution >= 4 is 30.8 Å². The fourth-order valence-electron chi connectivity index (χ4n) is 8.02. The Morgan fingerprint density at radius 3 is 2.48 bits per heavy atom. The molecule has 2 aromatic rings. The first kappa shape index (κ1) is 35.7. The first-order chi connectivity index (χ1) is 24.2. The molecule has 6 N–H and O–H groups in total. The minimum absolute atomic E-state index is 0.00227. The van der Waals surface area contributed by atoms with E-state index in [-0.39, 0.29) is 42.3 Å². The Hall–Kier alpha value is -2.67. The second-order valence-electron chi connectivity index (χ2n) is 14.0. The largest absolute Gasteiger partial charge is 0.405 e. The Labute approximate surface area is 290 Å². The zero-order chi connectivity index (χ0) is 34.8. The van der Waals surface area contributed by atoms with Gasteiger partial charge in [-0.15, -0.1) is 0 Å². The van der Waals surface area contributed by atoms with Crippen molar-refractivity contribution in [2.75, 3.05) is 58.1 Å². The second kappa shape index (κ2) is 15.5. The van der Waals surface area contributed by atoms with E-state index in [1.54, 1.807) is 0 Å². The predicted molar refractivity (Wildman–Crippen MR) is 180 cm³/mol. The van der Waals surface area contributed by atoms with Gasteiger partial charge in [0.2, 0.25) is 11.9 Å². The van der Waals surface area contributed by atoms with Crippen LogP contribution in [0, 0.1) is 11.3 Å². The third-order valence-corrected chi connectivity index (χ3v) is 12.4. The average Bonchev–Trinajstić information content (AvgIpc) is 3.70. The molecular weight excluding hydrogens is 673 g/mol. The number of aromatic amines is 1. The van der Waals surface area contributed by atoms with Gasteiger partial charge in [0, 0.05) is 19.6 Å². The van der Waals surface area contributed by atoms with E-state index in [0.29, 0.717) is 44.8 Å².